The number of nitrogens with zero attached hydrogens (tertiary/aromatic N) is 1. The third-order valence-corrected chi connectivity index (χ3v) is 4.30. The molecular weight excluding hydrogens is 268 g/mol. The van der Waals surface area contributed by atoms with Gasteiger partial charge < -0.3 is 14.8 Å². The summed E-state index contributed by atoms with van der Waals surface area (Å²) in [6.45, 7) is 3.40. The van der Waals surface area contributed by atoms with Crippen LogP contribution in [0.5, 0.6) is 5.75 Å². The molecule has 5 nitrogen and oxygen atoms in total. The van der Waals surface area contributed by atoms with Gasteiger partial charge in [0.15, 0.2) is 0 Å². The number of ether oxygens (including phenoxy) is 2. The topological polar surface area (TPSA) is 50.8 Å². The van der Waals surface area contributed by atoms with Crippen LogP contribution in [0.1, 0.15) is 23.2 Å². The van der Waals surface area contributed by atoms with Gasteiger partial charge in [-0.1, -0.05) is 12.1 Å². The van der Waals surface area contributed by atoms with Crippen LogP contribution in [0.15, 0.2) is 24.3 Å². The number of carbonyl (C=O) groups excluding carboxylic acids is 1. The SMILES string of the molecule is COc1ccccc1C(=O)NC[C@H]1CN2CCC[C@H]2CO1. The lowest BCUT2D eigenvalue weighted by molar-refractivity contribution is -0.0461. The molecule has 114 valence electrons. The summed E-state index contributed by atoms with van der Waals surface area (Å²) in [5.74, 6) is 0.485. The minimum Gasteiger partial charge on any atom is -0.496 e. The highest BCUT2D eigenvalue weighted by Gasteiger charge is 2.32. The second-order valence-corrected chi connectivity index (χ2v) is 5.66. The van der Waals surface area contributed by atoms with Crippen molar-refractivity contribution in [1.82, 2.24) is 10.2 Å². The number of para-hydroxylation sites is 1. The molecule has 3 rings (SSSR count). The zero-order chi connectivity index (χ0) is 14.7. The Morgan fingerprint density at radius 1 is 1.48 bits per heavy atom. The number of methoxy groups -OCH3 is 1. The summed E-state index contributed by atoms with van der Waals surface area (Å²) >= 11 is 0. The molecule has 0 aromatic heterocycles. The number of morpholine rings is 1. The molecule has 21 heavy (non-hydrogen) atoms. The van der Waals surface area contributed by atoms with E-state index in [1.54, 1.807) is 19.2 Å². The Morgan fingerprint density at radius 2 is 2.33 bits per heavy atom. The first kappa shape index (κ1) is 14.4. The van der Waals surface area contributed by atoms with Crippen molar-refractivity contribution in [3.63, 3.8) is 0 Å². The Labute approximate surface area is 125 Å². The van der Waals surface area contributed by atoms with E-state index in [9.17, 15) is 4.79 Å². The molecule has 1 N–H and O–H groups in total. The average Bonchev–Trinajstić information content (AvgIpc) is 3.00. The molecule has 1 aromatic carbocycles. The molecule has 5 heteroatoms. The molecule has 0 spiro atoms. The van der Waals surface area contributed by atoms with Gasteiger partial charge in [-0.05, 0) is 31.5 Å². The molecule has 2 aliphatic heterocycles. The van der Waals surface area contributed by atoms with Gasteiger partial charge >= 0.3 is 0 Å². The van der Waals surface area contributed by atoms with Crippen LogP contribution in [0.3, 0.4) is 0 Å². The Kier molecular flexibility index (Phi) is 4.41. The van der Waals surface area contributed by atoms with Crippen molar-refractivity contribution in [2.45, 2.75) is 25.0 Å². The Hall–Kier alpha value is -1.59. The van der Waals surface area contributed by atoms with Crippen molar-refractivity contribution in [3.05, 3.63) is 29.8 Å². The highest BCUT2D eigenvalue weighted by atomic mass is 16.5. The molecule has 0 saturated carbocycles. The van der Waals surface area contributed by atoms with Gasteiger partial charge in [-0.15, -0.1) is 0 Å². The smallest absolute Gasteiger partial charge is 0.255 e. The molecule has 0 unspecified atom stereocenters. The van der Waals surface area contributed by atoms with Crippen molar-refractivity contribution < 1.29 is 14.3 Å². The van der Waals surface area contributed by atoms with Gasteiger partial charge in [0.1, 0.15) is 5.75 Å². The van der Waals surface area contributed by atoms with Gasteiger partial charge in [-0.2, -0.15) is 0 Å². The Bertz CT molecular complexity index is 506. The molecule has 2 atom stereocenters. The summed E-state index contributed by atoms with van der Waals surface area (Å²) in [5, 5.41) is 2.95. The third-order valence-electron chi connectivity index (χ3n) is 4.30. The minimum atomic E-state index is -0.111. The van der Waals surface area contributed by atoms with Crippen LogP contribution < -0.4 is 10.1 Å². The molecule has 2 aliphatic rings. The van der Waals surface area contributed by atoms with E-state index in [1.807, 2.05) is 12.1 Å². The predicted molar refractivity (Wildman–Crippen MR) is 79.7 cm³/mol. The first-order valence-corrected chi connectivity index (χ1v) is 7.55. The maximum absolute atomic E-state index is 12.2. The first-order chi connectivity index (χ1) is 10.3. The normalized spacial score (nSPS) is 25.4. The van der Waals surface area contributed by atoms with Crippen molar-refractivity contribution in [3.8, 4) is 5.75 Å². The number of nitrogens with one attached hydrogen (secondary N) is 1. The van der Waals surface area contributed by atoms with Gasteiger partial charge in [-0.3, -0.25) is 9.69 Å². The zero-order valence-corrected chi connectivity index (χ0v) is 12.4. The molecule has 0 radical (unpaired) electrons. The molecule has 2 heterocycles. The van der Waals surface area contributed by atoms with E-state index in [-0.39, 0.29) is 12.0 Å². The summed E-state index contributed by atoms with van der Waals surface area (Å²) in [6.07, 6.45) is 2.58. The van der Waals surface area contributed by atoms with Crippen LogP contribution in [0.2, 0.25) is 0 Å². The fourth-order valence-electron chi connectivity index (χ4n) is 3.14. The van der Waals surface area contributed by atoms with Crippen LogP contribution >= 0.6 is 0 Å². The number of hydrogen-bond donors (Lipinski definition) is 1. The molecule has 0 bridgehead atoms. The Balaban J connectivity index is 1.54. The van der Waals surface area contributed by atoms with Crippen LogP contribution in [0, 0.1) is 0 Å². The van der Waals surface area contributed by atoms with Crippen molar-refractivity contribution >= 4 is 5.91 Å². The van der Waals surface area contributed by atoms with E-state index in [0.717, 1.165) is 19.7 Å². The average molecular weight is 290 g/mol. The van der Waals surface area contributed by atoms with Crippen LogP contribution in [0.4, 0.5) is 0 Å². The maximum Gasteiger partial charge on any atom is 0.255 e. The van der Waals surface area contributed by atoms with E-state index < -0.39 is 0 Å². The fraction of sp³-hybridized carbons (Fsp3) is 0.562. The van der Waals surface area contributed by atoms with E-state index in [2.05, 4.69) is 10.2 Å². The van der Waals surface area contributed by atoms with Gasteiger partial charge in [-0.25, -0.2) is 0 Å². The second kappa shape index (κ2) is 6.45. The number of fused-ring (bicyclic) bond motifs is 1. The van der Waals surface area contributed by atoms with E-state index in [0.29, 0.717) is 23.9 Å². The zero-order valence-electron chi connectivity index (χ0n) is 12.4. The van der Waals surface area contributed by atoms with Crippen molar-refractivity contribution in [2.24, 2.45) is 0 Å². The monoisotopic (exact) mass is 290 g/mol. The van der Waals surface area contributed by atoms with Gasteiger partial charge in [0.25, 0.3) is 5.91 Å². The molecule has 1 aromatic rings. The van der Waals surface area contributed by atoms with Gasteiger partial charge in [0, 0.05) is 19.1 Å². The lowest BCUT2D eigenvalue weighted by Gasteiger charge is -2.35. The standard InChI is InChI=1S/C16H22N2O3/c1-20-15-7-3-2-6-14(15)16(19)17-9-13-10-18-8-4-5-12(18)11-21-13/h2-3,6-7,12-13H,4-5,8-11H2,1H3,(H,17,19)/t12-,13-/m0/s1. The maximum atomic E-state index is 12.2. The largest absolute Gasteiger partial charge is 0.496 e. The van der Waals surface area contributed by atoms with E-state index >= 15 is 0 Å². The number of hydrogen-bond acceptors (Lipinski definition) is 4. The lowest BCUT2D eigenvalue weighted by Crippen LogP contribution is -2.50. The second-order valence-electron chi connectivity index (χ2n) is 5.66. The molecule has 1 amide bonds. The highest BCUT2D eigenvalue weighted by Crippen LogP contribution is 2.22. The number of benzene rings is 1. The molecule has 0 aliphatic carbocycles. The summed E-state index contributed by atoms with van der Waals surface area (Å²) in [6, 6.07) is 7.84. The van der Waals surface area contributed by atoms with Gasteiger partial charge in [0.2, 0.25) is 0 Å². The lowest BCUT2D eigenvalue weighted by atomic mass is 10.1. The van der Waals surface area contributed by atoms with Crippen molar-refractivity contribution in [1.29, 1.82) is 0 Å². The van der Waals surface area contributed by atoms with E-state index in [4.69, 9.17) is 9.47 Å². The van der Waals surface area contributed by atoms with Crippen LogP contribution in [0.25, 0.3) is 0 Å². The number of amides is 1. The van der Waals surface area contributed by atoms with Gasteiger partial charge in [0.05, 0.1) is 25.4 Å². The summed E-state index contributed by atoms with van der Waals surface area (Å²) in [7, 11) is 1.57. The van der Waals surface area contributed by atoms with E-state index in [1.165, 1.54) is 12.8 Å². The summed E-state index contributed by atoms with van der Waals surface area (Å²) in [4.78, 5) is 14.7. The van der Waals surface area contributed by atoms with Crippen LogP contribution in [-0.2, 0) is 4.74 Å². The fourth-order valence-corrected chi connectivity index (χ4v) is 3.14. The molecular formula is C16H22N2O3. The predicted octanol–water partition coefficient (Wildman–Crippen LogP) is 1.29. The first-order valence-electron chi connectivity index (χ1n) is 7.55. The van der Waals surface area contributed by atoms with Crippen LogP contribution in [-0.4, -0.2) is 56.3 Å². The van der Waals surface area contributed by atoms with Crippen molar-refractivity contribution in [2.75, 3.05) is 33.4 Å². The number of carbonyl (C=O) groups is 1. The highest BCUT2D eigenvalue weighted by molar-refractivity contribution is 5.96. The number of rotatable bonds is 4. The summed E-state index contributed by atoms with van der Waals surface area (Å²) < 4.78 is 11.1. The quantitative estimate of drug-likeness (QED) is 0.908. The summed E-state index contributed by atoms with van der Waals surface area (Å²) in [5.41, 5.74) is 0.565. The molecule has 2 fully saturated rings. The minimum absolute atomic E-state index is 0.0815. The molecule has 2 saturated heterocycles. The third kappa shape index (κ3) is 3.19. The Morgan fingerprint density at radius 3 is 3.19 bits per heavy atom.